The van der Waals surface area contributed by atoms with Gasteiger partial charge in [0.15, 0.2) is 0 Å². The Morgan fingerprint density at radius 3 is 2.75 bits per heavy atom. The van der Waals surface area contributed by atoms with Crippen LogP contribution < -0.4 is 0 Å². The fraction of sp³-hybridized carbons (Fsp3) is 0.733. The van der Waals surface area contributed by atoms with Gasteiger partial charge in [-0.05, 0) is 44.9 Å². The minimum Gasteiger partial charge on any atom is -0.366 e. The molecule has 90 valence electrons. The third kappa shape index (κ3) is 2.76. The van der Waals surface area contributed by atoms with Gasteiger partial charge >= 0.3 is 0 Å². The second kappa shape index (κ2) is 4.03. The van der Waals surface area contributed by atoms with E-state index in [1.165, 1.54) is 18.4 Å². The Balaban J connectivity index is 2.11. The Morgan fingerprint density at radius 2 is 2.00 bits per heavy atom. The molecule has 0 N–H and O–H groups in total. The van der Waals surface area contributed by atoms with Gasteiger partial charge in [-0.2, -0.15) is 0 Å². The SMILES string of the molecule is C/C1=C\CC(C)(C)/C=C/C[C@]2(C)O[C@@H]2CC1. The van der Waals surface area contributed by atoms with E-state index >= 15 is 0 Å². The molecule has 0 aromatic carbocycles. The molecule has 0 aromatic heterocycles. The molecule has 1 heteroatoms. The van der Waals surface area contributed by atoms with Crippen molar-refractivity contribution in [3.63, 3.8) is 0 Å². The minimum atomic E-state index is 0.136. The van der Waals surface area contributed by atoms with E-state index in [0.29, 0.717) is 6.10 Å². The van der Waals surface area contributed by atoms with E-state index in [1.54, 1.807) is 0 Å². The predicted molar refractivity (Wildman–Crippen MR) is 68.4 cm³/mol. The highest BCUT2D eigenvalue weighted by Gasteiger charge is 2.50. The second-order valence-electron chi connectivity index (χ2n) is 6.31. The highest BCUT2D eigenvalue weighted by atomic mass is 16.6. The van der Waals surface area contributed by atoms with Crippen molar-refractivity contribution in [3.8, 4) is 0 Å². The summed E-state index contributed by atoms with van der Waals surface area (Å²) in [6.07, 6.45) is 12.2. The van der Waals surface area contributed by atoms with Crippen molar-refractivity contribution in [2.45, 2.75) is 65.1 Å². The second-order valence-corrected chi connectivity index (χ2v) is 6.31. The molecule has 0 saturated carbocycles. The third-order valence-corrected chi connectivity index (χ3v) is 3.91. The molecule has 1 nitrogen and oxygen atoms in total. The molecule has 0 unspecified atom stereocenters. The summed E-state index contributed by atoms with van der Waals surface area (Å²) < 4.78 is 5.82. The zero-order valence-corrected chi connectivity index (χ0v) is 11.0. The molecule has 1 fully saturated rings. The Kier molecular flexibility index (Phi) is 3.00. The fourth-order valence-electron chi connectivity index (χ4n) is 2.41. The lowest BCUT2D eigenvalue weighted by Crippen LogP contribution is -2.09. The van der Waals surface area contributed by atoms with Crippen LogP contribution in [-0.4, -0.2) is 11.7 Å². The van der Waals surface area contributed by atoms with Crippen LogP contribution >= 0.6 is 0 Å². The van der Waals surface area contributed by atoms with Gasteiger partial charge in [0, 0.05) is 0 Å². The average Bonchev–Trinajstić information content (AvgIpc) is 2.82. The number of epoxide rings is 1. The van der Waals surface area contributed by atoms with E-state index in [4.69, 9.17) is 4.74 Å². The summed E-state index contributed by atoms with van der Waals surface area (Å²) in [5.41, 5.74) is 1.94. The number of hydrogen-bond donors (Lipinski definition) is 0. The summed E-state index contributed by atoms with van der Waals surface area (Å²) in [4.78, 5) is 0. The molecule has 1 aliphatic heterocycles. The molecule has 2 rings (SSSR count). The number of allylic oxidation sites excluding steroid dienone is 3. The lowest BCUT2D eigenvalue weighted by molar-refractivity contribution is 0.306. The van der Waals surface area contributed by atoms with Crippen LogP contribution in [0.4, 0.5) is 0 Å². The monoisotopic (exact) mass is 220 g/mol. The first-order valence-electron chi connectivity index (χ1n) is 6.42. The molecule has 0 amide bonds. The highest BCUT2D eigenvalue weighted by Crippen LogP contribution is 2.43. The number of rotatable bonds is 0. The maximum atomic E-state index is 5.82. The molecule has 1 heterocycles. The maximum Gasteiger partial charge on any atom is 0.0954 e. The smallest absolute Gasteiger partial charge is 0.0954 e. The van der Waals surface area contributed by atoms with Crippen LogP contribution in [0.1, 0.15) is 53.4 Å². The van der Waals surface area contributed by atoms with Gasteiger partial charge < -0.3 is 4.74 Å². The first-order chi connectivity index (χ1) is 7.41. The molecule has 0 radical (unpaired) electrons. The summed E-state index contributed by atoms with van der Waals surface area (Å²) >= 11 is 0. The first-order valence-corrected chi connectivity index (χ1v) is 6.42. The molecule has 2 atom stereocenters. The summed E-state index contributed by atoms with van der Waals surface area (Å²) in [7, 11) is 0. The van der Waals surface area contributed by atoms with Crippen molar-refractivity contribution < 1.29 is 4.74 Å². The Labute approximate surface area is 99.6 Å². The summed E-state index contributed by atoms with van der Waals surface area (Å²) in [6, 6.07) is 0. The van der Waals surface area contributed by atoms with Gasteiger partial charge in [0.2, 0.25) is 0 Å². The number of fused-ring (bicyclic) bond motifs is 1. The fourth-order valence-corrected chi connectivity index (χ4v) is 2.41. The highest BCUT2D eigenvalue weighted by molar-refractivity contribution is 5.11. The van der Waals surface area contributed by atoms with E-state index in [2.05, 4.69) is 45.9 Å². The number of ether oxygens (including phenoxy) is 1. The van der Waals surface area contributed by atoms with Crippen molar-refractivity contribution in [2.24, 2.45) is 5.41 Å². The predicted octanol–water partition coefficient (Wildman–Crippen LogP) is 4.25. The van der Waals surface area contributed by atoms with Gasteiger partial charge in [-0.1, -0.05) is 37.6 Å². The topological polar surface area (TPSA) is 12.5 Å². The van der Waals surface area contributed by atoms with Crippen molar-refractivity contribution in [3.05, 3.63) is 23.8 Å². The zero-order chi connectivity index (χ0) is 11.8. The van der Waals surface area contributed by atoms with Crippen LogP contribution in [0.2, 0.25) is 0 Å². The Bertz CT molecular complexity index is 324. The molecule has 1 saturated heterocycles. The van der Waals surface area contributed by atoms with Crippen LogP contribution in [-0.2, 0) is 4.74 Å². The van der Waals surface area contributed by atoms with E-state index in [0.717, 1.165) is 12.8 Å². The molecular weight excluding hydrogens is 196 g/mol. The summed E-state index contributed by atoms with van der Waals surface area (Å²) in [6.45, 7) is 9.10. The lowest BCUT2D eigenvalue weighted by atomic mass is 9.87. The Morgan fingerprint density at radius 1 is 1.25 bits per heavy atom. The average molecular weight is 220 g/mol. The van der Waals surface area contributed by atoms with Gasteiger partial charge in [-0.15, -0.1) is 0 Å². The lowest BCUT2D eigenvalue weighted by Gasteiger charge is -2.18. The van der Waals surface area contributed by atoms with Crippen molar-refractivity contribution >= 4 is 0 Å². The minimum absolute atomic E-state index is 0.136. The molecule has 2 aliphatic rings. The molecule has 0 bridgehead atoms. The van der Waals surface area contributed by atoms with Crippen molar-refractivity contribution in [1.82, 2.24) is 0 Å². The third-order valence-electron chi connectivity index (χ3n) is 3.91. The molecule has 0 spiro atoms. The molecule has 1 aliphatic carbocycles. The maximum absolute atomic E-state index is 5.82. The van der Waals surface area contributed by atoms with Gasteiger partial charge in [0.05, 0.1) is 11.7 Å². The molecule has 0 aromatic rings. The van der Waals surface area contributed by atoms with Crippen LogP contribution in [0.5, 0.6) is 0 Å². The summed E-state index contributed by atoms with van der Waals surface area (Å²) in [5.74, 6) is 0. The Hall–Kier alpha value is -0.560. The van der Waals surface area contributed by atoms with E-state index in [9.17, 15) is 0 Å². The largest absolute Gasteiger partial charge is 0.366 e. The van der Waals surface area contributed by atoms with E-state index < -0.39 is 0 Å². The summed E-state index contributed by atoms with van der Waals surface area (Å²) in [5, 5.41) is 0. The van der Waals surface area contributed by atoms with E-state index in [-0.39, 0.29) is 11.0 Å². The molecular formula is C15H24O. The van der Waals surface area contributed by atoms with Gasteiger partial charge in [0.1, 0.15) is 0 Å². The normalized spacial score (nSPS) is 43.5. The van der Waals surface area contributed by atoms with Crippen LogP contribution in [0.15, 0.2) is 23.8 Å². The van der Waals surface area contributed by atoms with Crippen LogP contribution in [0.25, 0.3) is 0 Å². The van der Waals surface area contributed by atoms with Crippen LogP contribution in [0.3, 0.4) is 0 Å². The van der Waals surface area contributed by atoms with Crippen molar-refractivity contribution in [1.29, 1.82) is 0 Å². The number of hydrogen-bond acceptors (Lipinski definition) is 1. The first kappa shape index (κ1) is 11.9. The van der Waals surface area contributed by atoms with Crippen LogP contribution in [0, 0.1) is 5.41 Å². The quantitative estimate of drug-likeness (QED) is 0.439. The van der Waals surface area contributed by atoms with E-state index in [1.807, 2.05) is 0 Å². The zero-order valence-electron chi connectivity index (χ0n) is 11.0. The standard InChI is InChI=1S/C15H24O/c1-12-6-7-13-15(4,16-13)10-5-9-14(2,3)11-8-12/h5,8-9,13H,6-7,10-11H2,1-4H3/b9-5+,12-8+/t13-,15+/m1/s1. The van der Waals surface area contributed by atoms with Crippen molar-refractivity contribution in [2.75, 3.05) is 0 Å². The van der Waals surface area contributed by atoms with Gasteiger partial charge in [-0.3, -0.25) is 0 Å². The molecule has 16 heavy (non-hydrogen) atoms. The van der Waals surface area contributed by atoms with Gasteiger partial charge in [0.25, 0.3) is 0 Å². The van der Waals surface area contributed by atoms with Gasteiger partial charge in [-0.25, -0.2) is 0 Å².